The fourth-order valence-electron chi connectivity index (χ4n) is 0.896. The van der Waals surface area contributed by atoms with E-state index in [4.69, 9.17) is 5.26 Å². The number of rotatable bonds is 5. The van der Waals surface area contributed by atoms with Crippen LogP contribution in [0.4, 0.5) is 0 Å². The second kappa shape index (κ2) is 5.99. The van der Waals surface area contributed by atoms with Crippen LogP contribution in [-0.4, -0.2) is 31.6 Å². The van der Waals surface area contributed by atoms with E-state index in [0.29, 0.717) is 6.04 Å². The first-order valence-corrected chi connectivity index (χ1v) is 3.96. The summed E-state index contributed by atoms with van der Waals surface area (Å²) in [7, 11) is 4.12. The zero-order valence-corrected chi connectivity index (χ0v) is 7.59. The Morgan fingerprint density at radius 3 is 2.64 bits per heavy atom. The van der Waals surface area contributed by atoms with E-state index in [9.17, 15) is 0 Å². The molecule has 0 bridgehead atoms. The van der Waals surface area contributed by atoms with Crippen molar-refractivity contribution >= 4 is 0 Å². The Morgan fingerprint density at radius 2 is 2.18 bits per heavy atom. The SMILES string of the molecule is CC(CCCN(C)C)NC#N. The second-order valence-electron chi connectivity index (χ2n) is 3.10. The number of nitriles is 1. The van der Waals surface area contributed by atoms with Crippen molar-refractivity contribution in [3.8, 4) is 6.19 Å². The van der Waals surface area contributed by atoms with E-state index >= 15 is 0 Å². The van der Waals surface area contributed by atoms with Gasteiger partial charge in [-0.2, -0.15) is 5.26 Å². The van der Waals surface area contributed by atoms with Crippen molar-refractivity contribution in [2.45, 2.75) is 25.8 Å². The molecule has 0 saturated heterocycles. The topological polar surface area (TPSA) is 39.1 Å². The van der Waals surface area contributed by atoms with Crippen LogP contribution in [0, 0.1) is 11.5 Å². The summed E-state index contributed by atoms with van der Waals surface area (Å²) in [6, 6.07) is 0.319. The van der Waals surface area contributed by atoms with E-state index < -0.39 is 0 Å². The lowest BCUT2D eigenvalue weighted by molar-refractivity contribution is 0.383. The van der Waals surface area contributed by atoms with E-state index in [1.165, 1.54) is 0 Å². The van der Waals surface area contributed by atoms with Crippen LogP contribution in [0.15, 0.2) is 0 Å². The van der Waals surface area contributed by atoms with Crippen LogP contribution in [0.3, 0.4) is 0 Å². The first kappa shape index (κ1) is 10.2. The Hall–Kier alpha value is -0.750. The number of nitrogens with one attached hydrogen (secondary N) is 1. The summed E-state index contributed by atoms with van der Waals surface area (Å²) in [6.45, 7) is 3.12. The van der Waals surface area contributed by atoms with E-state index in [-0.39, 0.29) is 0 Å². The van der Waals surface area contributed by atoms with Gasteiger partial charge in [-0.15, -0.1) is 0 Å². The zero-order valence-electron chi connectivity index (χ0n) is 7.59. The Balaban J connectivity index is 3.18. The Kier molecular flexibility index (Phi) is 5.58. The predicted octanol–water partition coefficient (Wildman–Crippen LogP) is 0.787. The van der Waals surface area contributed by atoms with E-state index in [1.54, 1.807) is 0 Å². The first-order chi connectivity index (χ1) is 5.16. The molecule has 0 radical (unpaired) electrons. The third kappa shape index (κ3) is 7.14. The maximum absolute atomic E-state index is 8.27. The van der Waals surface area contributed by atoms with Gasteiger partial charge in [-0.1, -0.05) is 0 Å². The molecule has 1 N–H and O–H groups in total. The molecule has 0 aliphatic carbocycles. The van der Waals surface area contributed by atoms with Gasteiger partial charge in [0.2, 0.25) is 0 Å². The van der Waals surface area contributed by atoms with Gasteiger partial charge < -0.3 is 10.2 Å². The lowest BCUT2D eigenvalue weighted by atomic mass is 10.2. The van der Waals surface area contributed by atoms with Crippen LogP contribution in [0.25, 0.3) is 0 Å². The van der Waals surface area contributed by atoms with Gasteiger partial charge in [0.15, 0.2) is 6.19 Å². The zero-order chi connectivity index (χ0) is 8.69. The number of hydrogen-bond acceptors (Lipinski definition) is 3. The maximum atomic E-state index is 8.27. The van der Waals surface area contributed by atoms with Crippen molar-refractivity contribution < 1.29 is 0 Å². The van der Waals surface area contributed by atoms with Crippen molar-refractivity contribution in [3.63, 3.8) is 0 Å². The molecule has 0 heterocycles. The van der Waals surface area contributed by atoms with Crippen LogP contribution >= 0.6 is 0 Å². The highest BCUT2D eigenvalue weighted by Gasteiger charge is 1.98. The molecule has 0 fully saturated rings. The summed E-state index contributed by atoms with van der Waals surface area (Å²) in [5, 5.41) is 11.0. The maximum Gasteiger partial charge on any atom is 0.176 e. The van der Waals surface area contributed by atoms with Crippen molar-refractivity contribution in [1.29, 1.82) is 5.26 Å². The standard InChI is InChI=1S/C8H17N3/c1-8(10-7-9)5-4-6-11(2)3/h8,10H,4-6H2,1-3H3. The van der Waals surface area contributed by atoms with Gasteiger partial charge in [0, 0.05) is 6.04 Å². The molecule has 11 heavy (non-hydrogen) atoms. The van der Waals surface area contributed by atoms with Crippen LogP contribution < -0.4 is 5.32 Å². The Labute approximate surface area is 69.0 Å². The van der Waals surface area contributed by atoms with Crippen molar-refractivity contribution in [3.05, 3.63) is 0 Å². The molecule has 0 aromatic heterocycles. The van der Waals surface area contributed by atoms with Crippen LogP contribution in [0.2, 0.25) is 0 Å². The van der Waals surface area contributed by atoms with Crippen molar-refractivity contribution in [2.24, 2.45) is 0 Å². The molecule has 1 atom stereocenters. The van der Waals surface area contributed by atoms with Gasteiger partial charge >= 0.3 is 0 Å². The Bertz CT molecular complexity index is 126. The molecule has 0 aliphatic rings. The van der Waals surface area contributed by atoms with Gasteiger partial charge in [0.25, 0.3) is 0 Å². The Morgan fingerprint density at radius 1 is 1.55 bits per heavy atom. The van der Waals surface area contributed by atoms with E-state index in [2.05, 4.69) is 24.3 Å². The molecular weight excluding hydrogens is 138 g/mol. The fraction of sp³-hybridized carbons (Fsp3) is 0.875. The minimum absolute atomic E-state index is 0.319. The minimum atomic E-state index is 0.319. The van der Waals surface area contributed by atoms with E-state index in [0.717, 1.165) is 19.4 Å². The summed E-state index contributed by atoms with van der Waals surface area (Å²) >= 11 is 0. The second-order valence-corrected chi connectivity index (χ2v) is 3.10. The summed E-state index contributed by atoms with van der Waals surface area (Å²) in [5.74, 6) is 0. The van der Waals surface area contributed by atoms with Gasteiger partial charge in [0.1, 0.15) is 0 Å². The highest BCUT2D eigenvalue weighted by Crippen LogP contribution is 1.95. The van der Waals surface area contributed by atoms with Crippen LogP contribution in [0.5, 0.6) is 0 Å². The number of nitrogens with zero attached hydrogens (tertiary/aromatic N) is 2. The third-order valence-corrected chi connectivity index (χ3v) is 1.55. The molecule has 1 unspecified atom stereocenters. The van der Waals surface area contributed by atoms with Crippen LogP contribution in [0.1, 0.15) is 19.8 Å². The molecule has 3 nitrogen and oxygen atoms in total. The average molecular weight is 155 g/mol. The largest absolute Gasteiger partial charge is 0.321 e. The van der Waals surface area contributed by atoms with Gasteiger partial charge in [-0.25, -0.2) is 0 Å². The van der Waals surface area contributed by atoms with Crippen molar-refractivity contribution in [1.82, 2.24) is 10.2 Å². The third-order valence-electron chi connectivity index (χ3n) is 1.55. The van der Waals surface area contributed by atoms with E-state index in [1.807, 2.05) is 13.1 Å². The number of hydrogen-bond donors (Lipinski definition) is 1. The highest BCUT2D eigenvalue weighted by molar-refractivity contribution is 4.72. The molecular formula is C8H17N3. The van der Waals surface area contributed by atoms with Crippen molar-refractivity contribution in [2.75, 3.05) is 20.6 Å². The smallest absolute Gasteiger partial charge is 0.176 e. The molecule has 0 spiro atoms. The molecule has 64 valence electrons. The monoisotopic (exact) mass is 155 g/mol. The summed E-state index contributed by atoms with van der Waals surface area (Å²) in [6.07, 6.45) is 4.14. The summed E-state index contributed by atoms with van der Waals surface area (Å²) in [4.78, 5) is 2.15. The average Bonchev–Trinajstić information content (AvgIpc) is 1.87. The first-order valence-electron chi connectivity index (χ1n) is 3.96. The molecule has 0 aliphatic heterocycles. The lowest BCUT2D eigenvalue weighted by Gasteiger charge is -2.11. The van der Waals surface area contributed by atoms with Gasteiger partial charge in [-0.05, 0) is 40.4 Å². The molecule has 0 saturated carbocycles. The lowest BCUT2D eigenvalue weighted by Crippen LogP contribution is -2.22. The molecule has 0 rings (SSSR count). The molecule has 0 aromatic carbocycles. The van der Waals surface area contributed by atoms with Crippen LogP contribution in [-0.2, 0) is 0 Å². The predicted molar refractivity (Wildman–Crippen MR) is 46.0 cm³/mol. The molecule has 3 heteroatoms. The summed E-state index contributed by atoms with van der Waals surface area (Å²) in [5.41, 5.74) is 0. The fourth-order valence-corrected chi connectivity index (χ4v) is 0.896. The van der Waals surface area contributed by atoms with Gasteiger partial charge in [0.05, 0.1) is 0 Å². The van der Waals surface area contributed by atoms with Gasteiger partial charge in [-0.3, -0.25) is 0 Å². The molecule has 0 amide bonds. The molecule has 0 aromatic rings. The minimum Gasteiger partial charge on any atom is -0.321 e. The highest BCUT2D eigenvalue weighted by atomic mass is 15.0. The normalized spacial score (nSPS) is 12.6. The quantitative estimate of drug-likeness (QED) is 0.471. The summed E-state index contributed by atoms with van der Waals surface area (Å²) < 4.78 is 0.